The first kappa shape index (κ1) is 81.0. The van der Waals surface area contributed by atoms with E-state index in [0.717, 1.165) is 110 Å². The number of rotatable bonds is 6. The summed E-state index contributed by atoms with van der Waals surface area (Å²) in [6.07, 6.45) is 35.1. The van der Waals surface area contributed by atoms with E-state index >= 15 is 0 Å². The smallest absolute Gasteiger partial charge is 0.309 e. The van der Waals surface area contributed by atoms with Crippen molar-refractivity contribution in [3.8, 4) is 0 Å². The molecule has 0 aromatic rings. The first-order valence-corrected chi connectivity index (χ1v) is 44.2. The van der Waals surface area contributed by atoms with Gasteiger partial charge >= 0.3 is 5.97 Å². The highest BCUT2D eigenvalue weighted by Gasteiger charge is 2.76. The van der Waals surface area contributed by atoms with Crippen LogP contribution in [0.1, 0.15) is 317 Å². The Morgan fingerprint density at radius 3 is 1.24 bits per heavy atom. The van der Waals surface area contributed by atoms with E-state index in [-0.39, 0.29) is 66.2 Å². The van der Waals surface area contributed by atoms with Crippen LogP contribution < -0.4 is 0 Å². The van der Waals surface area contributed by atoms with Gasteiger partial charge in [0.05, 0.1) is 11.5 Å². The predicted octanol–water partition coefficient (Wildman–Crippen LogP) is 22.6. The maximum absolute atomic E-state index is 12.9. The molecule has 0 aromatic carbocycles. The summed E-state index contributed by atoms with van der Waals surface area (Å²) in [4.78, 5) is 51.1. The van der Waals surface area contributed by atoms with Crippen molar-refractivity contribution in [2.75, 3.05) is 19.9 Å². The van der Waals surface area contributed by atoms with Gasteiger partial charge in [0.2, 0.25) is 0 Å². The zero-order valence-corrected chi connectivity index (χ0v) is 69.7. The Bertz CT molecular complexity index is 3240. The molecule has 15 aliphatic carbocycles. The Kier molecular flexibility index (Phi) is 21.6. The summed E-state index contributed by atoms with van der Waals surface area (Å²) in [6, 6.07) is 0. The number of hydrogen-bond donors (Lipinski definition) is 5. The number of ketones is 2. The topological polar surface area (TPSA) is 169 Å². The fourth-order valence-corrected chi connectivity index (χ4v) is 34.1. The normalized spacial score (nSPS) is 52.0. The van der Waals surface area contributed by atoms with Crippen LogP contribution in [0.15, 0.2) is 36.5 Å². The van der Waals surface area contributed by atoms with Crippen LogP contribution >= 0.6 is 8.58 Å². The Hall–Kier alpha value is -2.03. The quantitative estimate of drug-likeness (QED) is 0.0571. The van der Waals surface area contributed by atoms with Crippen LogP contribution in [0.25, 0.3) is 0 Å². The summed E-state index contributed by atoms with van der Waals surface area (Å²) >= 11 is 0. The highest BCUT2D eigenvalue weighted by Crippen LogP contribution is 2.82. The second-order valence-corrected chi connectivity index (χ2v) is 44.6. The van der Waals surface area contributed by atoms with Crippen molar-refractivity contribution in [3.63, 3.8) is 0 Å². The van der Waals surface area contributed by atoms with E-state index in [1.54, 1.807) is 0 Å². The van der Waals surface area contributed by atoms with Gasteiger partial charge in [-0.15, -0.1) is 8.58 Å². The number of carboxylic acids is 1. The Morgan fingerprint density at radius 2 is 0.804 bits per heavy atom. The standard InChI is InChI=1S/C30H46O3.C30H50O2.C30H46O2.C2H7P.H2O2/c1-18(2)19-10-15-30(25(32)33)17-16-28(6)20(24(19)30)8-9-22-27(5)13-12-23(31)26(3,4)21(27)11-14-29(22,28)7;2*1-19(2)20-10-15-30(18-31)17-16-28(6)21(25(20)30)8-9-23-27(5)13-12-24(32)26(3,4)22(27)11-14-29(23,28)7;1-3-2;1-2/h19-22,24H,1,8-17H2,2-7H3,(H,32,33);20-25,31-32H,1,8-18H2,2-7H3;18,20-23,25H,1,8-17H2,2-7H3;3H,1-2H3;1-2H/t19?,20-,21+,22-,24?,27+,28-,29-,30?;20?,21-,22+,23-,24?,25?,27+,28-,29-,30?;20?,21-,22+,23-,25?,27+,28-,29-,30?;;/m111../s1. The lowest BCUT2D eigenvalue weighted by Gasteiger charge is -2.73. The molecule has 0 aromatic heterocycles. The van der Waals surface area contributed by atoms with Crippen LogP contribution in [0.2, 0.25) is 0 Å². The van der Waals surface area contributed by atoms with E-state index in [2.05, 4.69) is 158 Å². The maximum Gasteiger partial charge on any atom is 0.309 e. The van der Waals surface area contributed by atoms with Gasteiger partial charge in [0, 0.05) is 35.7 Å². The molecule has 15 rings (SSSR count). The molecule has 0 bridgehead atoms. The number of aliphatic hydroxyl groups is 2. The summed E-state index contributed by atoms with van der Waals surface area (Å²) in [5.41, 5.74) is 5.50. The van der Waals surface area contributed by atoms with Crippen LogP contribution in [-0.4, -0.2) is 75.7 Å². The lowest BCUT2D eigenvalue weighted by Crippen LogP contribution is -2.66. The lowest BCUT2D eigenvalue weighted by atomic mass is 9.32. The van der Waals surface area contributed by atoms with Gasteiger partial charge in [-0.25, -0.2) is 0 Å². The molecule has 10 heteroatoms. The second kappa shape index (κ2) is 27.2. The van der Waals surface area contributed by atoms with Gasteiger partial charge in [0.15, 0.2) is 0 Å². The third kappa shape index (κ3) is 11.0. The number of carbonyl (C=O) groups is 4. The molecule has 0 aliphatic heterocycles. The van der Waals surface area contributed by atoms with Crippen molar-refractivity contribution in [1.82, 2.24) is 0 Å². The van der Waals surface area contributed by atoms with Crippen molar-refractivity contribution in [2.45, 2.75) is 323 Å². The molecule has 9 nitrogen and oxygen atoms in total. The number of Topliss-reactive ketones (excluding diaryl/α,β-unsaturated/α-hetero) is 2. The summed E-state index contributed by atoms with van der Waals surface area (Å²) in [7, 11) is 1.08. The van der Waals surface area contributed by atoms with E-state index in [1.165, 1.54) is 126 Å². The first-order chi connectivity index (χ1) is 47.4. The molecule has 0 radical (unpaired) electrons. The van der Waals surface area contributed by atoms with E-state index in [1.807, 2.05) is 0 Å². The minimum Gasteiger partial charge on any atom is -0.481 e. The van der Waals surface area contributed by atoms with E-state index in [0.29, 0.717) is 111 Å². The molecular weight excluding hydrogens is 1280 g/mol. The Morgan fingerprint density at radius 1 is 0.431 bits per heavy atom. The highest BCUT2D eigenvalue weighted by molar-refractivity contribution is 7.35. The van der Waals surface area contributed by atoms with Gasteiger partial charge in [-0.1, -0.05) is 140 Å². The average molecular weight is 1430 g/mol. The molecule has 15 saturated carbocycles. The van der Waals surface area contributed by atoms with Gasteiger partial charge in [-0.3, -0.25) is 24.9 Å². The summed E-state index contributed by atoms with van der Waals surface area (Å²) < 4.78 is 0. The van der Waals surface area contributed by atoms with Crippen molar-refractivity contribution in [3.05, 3.63) is 36.5 Å². The summed E-state index contributed by atoms with van der Waals surface area (Å²) in [6.45, 7) is 61.5. The van der Waals surface area contributed by atoms with Crippen molar-refractivity contribution in [2.24, 2.45) is 170 Å². The fourth-order valence-electron chi connectivity index (χ4n) is 34.1. The molecule has 102 heavy (non-hydrogen) atoms. The number of aldehydes is 1. The molecule has 0 spiro atoms. The molecule has 15 aliphatic rings. The molecule has 578 valence electrons. The van der Waals surface area contributed by atoms with Gasteiger partial charge in [-0.2, -0.15) is 0 Å². The van der Waals surface area contributed by atoms with Crippen molar-refractivity contribution in [1.29, 1.82) is 0 Å². The van der Waals surface area contributed by atoms with E-state index in [4.69, 9.17) is 10.5 Å². The molecule has 0 saturated heterocycles. The van der Waals surface area contributed by atoms with Gasteiger partial charge < -0.3 is 20.1 Å². The van der Waals surface area contributed by atoms with Crippen LogP contribution in [0, 0.1) is 170 Å². The molecule has 5 N–H and O–H groups in total. The molecule has 0 amide bonds. The van der Waals surface area contributed by atoms with Gasteiger partial charge in [-0.05, 0) is 362 Å². The van der Waals surface area contributed by atoms with Crippen LogP contribution in [0.4, 0.5) is 0 Å². The van der Waals surface area contributed by atoms with Crippen molar-refractivity contribution < 1.29 is 45.0 Å². The van der Waals surface area contributed by atoms with Gasteiger partial charge in [0.25, 0.3) is 0 Å². The third-order valence-electron chi connectivity index (χ3n) is 39.9. The Labute approximate surface area is 623 Å². The van der Waals surface area contributed by atoms with E-state index < -0.39 is 11.4 Å². The zero-order valence-electron chi connectivity index (χ0n) is 68.7. The first-order valence-electron chi connectivity index (χ1n) is 42.2. The molecule has 10 unspecified atom stereocenters. The average Bonchev–Trinajstić information content (AvgIpc) is 1.09. The minimum atomic E-state index is -0.547. The zero-order chi connectivity index (χ0) is 75.5. The SMILES string of the molecule is C=C(C)C1CCC2(C(=O)O)CC[C@]3(C)[C@H](CC[C@@H]4[C@@]5(C)CCC(=O)C(C)(C)[C@@H]5CC[C@]43C)C12.C=C(C)C1CCC2(C=O)CC[C@]3(C)[C@H](CC[C@@H]4[C@@]5(C)CCC(=O)C(C)(C)[C@@H]5CC[C@]43C)C12.C=C(C)C1CCC2(CO)CC[C@]3(C)[C@H](CC[C@@H]4[C@@]5(C)CCC(O)C(C)(C)[C@@H]5CC[C@]43C)C12.CPC.OO. The number of allylic oxidation sites excluding steroid dienone is 3. The summed E-state index contributed by atoms with van der Waals surface area (Å²) in [5.74, 6) is 8.73. The van der Waals surface area contributed by atoms with Crippen molar-refractivity contribution >= 4 is 32.4 Å². The number of fused-ring (bicyclic) bond motifs is 21. The number of aliphatic hydroxyl groups excluding tert-OH is 2. The second-order valence-electron chi connectivity index (χ2n) is 43.6. The van der Waals surface area contributed by atoms with Gasteiger partial charge in [0.1, 0.15) is 17.9 Å². The maximum atomic E-state index is 12.9. The third-order valence-corrected chi connectivity index (χ3v) is 39.9. The Balaban J connectivity index is 0.000000149. The number of aliphatic carboxylic acids is 1. The molecule has 0 heterocycles. The molecular formula is C92H151O9P. The number of carboxylic acid groups (broad SMARTS) is 1. The minimum absolute atomic E-state index is 0.0290. The summed E-state index contributed by atoms with van der Waals surface area (Å²) in [5, 5.41) is 44.0. The monoisotopic (exact) mass is 1430 g/mol. The fraction of sp³-hybridized carbons (Fsp3) is 0.891. The number of carbonyl (C=O) groups excluding carboxylic acids is 3. The van der Waals surface area contributed by atoms with Crippen LogP contribution in [0.3, 0.4) is 0 Å². The van der Waals surface area contributed by atoms with Crippen LogP contribution in [0.5, 0.6) is 0 Å². The molecule has 28 atom stereocenters. The van der Waals surface area contributed by atoms with Crippen LogP contribution in [-0.2, 0) is 19.2 Å². The predicted molar refractivity (Wildman–Crippen MR) is 419 cm³/mol. The lowest BCUT2D eigenvalue weighted by molar-refractivity contribution is -0.249. The number of hydrogen-bond acceptors (Lipinski definition) is 8. The molecule has 15 fully saturated rings. The highest BCUT2D eigenvalue weighted by atomic mass is 31.1. The largest absolute Gasteiger partial charge is 0.481 e. The van der Waals surface area contributed by atoms with E-state index in [9.17, 15) is 34.5 Å².